The number of sulfone groups is 1. The predicted octanol–water partition coefficient (Wildman–Crippen LogP) is -0.385. The quantitative estimate of drug-likeness (QED) is 0.295. The van der Waals surface area contributed by atoms with Crippen molar-refractivity contribution < 1.29 is 17.9 Å². The fourth-order valence-corrected chi connectivity index (χ4v) is 2.71. The van der Waals surface area contributed by atoms with E-state index in [1.54, 1.807) is 0 Å². The highest BCUT2D eigenvalue weighted by Gasteiger charge is 2.18. The van der Waals surface area contributed by atoms with Gasteiger partial charge in [-0.3, -0.25) is 9.79 Å². The van der Waals surface area contributed by atoms with Crippen LogP contribution in [0.2, 0.25) is 0 Å². The summed E-state index contributed by atoms with van der Waals surface area (Å²) < 4.78 is 27.2. The molecule has 1 saturated heterocycles. The number of hydrogen-bond donors (Lipinski definition) is 2. The minimum atomic E-state index is -2.97. The fraction of sp³-hybridized carbons (Fsp3) is 0.867. The first-order valence-electron chi connectivity index (χ1n) is 8.48. The van der Waals surface area contributed by atoms with E-state index in [-0.39, 0.29) is 18.3 Å². The molecule has 140 valence electrons. The van der Waals surface area contributed by atoms with Gasteiger partial charge in [-0.15, -0.1) is 0 Å². The van der Waals surface area contributed by atoms with Gasteiger partial charge in [-0.1, -0.05) is 0 Å². The zero-order valence-electron chi connectivity index (χ0n) is 14.7. The summed E-state index contributed by atoms with van der Waals surface area (Å²) in [5.74, 6) is 0.989. The number of hydrogen-bond acceptors (Lipinski definition) is 5. The van der Waals surface area contributed by atoms with Crippen LogP contribution in [0.25, 0.3) is 0 Å². The predicted molar refractivity (Wildman–Crippen MR) is 94.9 cm³/mol. The Balaban J connectivity index is 2.16. The fourth-order valence-electron chi connectivity index (χ4n) is 2.29. The molecular formula is C15H30N4O4S. The van der Waals surface area contributed by atoms with Crippen LogP contribution in [-0.4, -0.2) is 83.1 Å². The van der Waals surface area contributed by atoms with Crippen molar-refractivity contribution in [3.8, 4) is 0 Å². The van der Waals surface area contributed by atoms with Gasteiger partial charge in [-0.2, -0.15) is 0 Å². The number of carbonyl (C=O) groups excluding carboxylic acids is 1. The standard InChI is InChI=1S/C15H30N4O4S/c1-3-16-15(18-8-11-23-12-13-24(2,21)22)17-7-5-10-19-9-4-6-14(19)20/h3-13H2,1-2H3,(H2,16,17,18). The molecule has 0 aromatic heterocycles. The van der Waals surface area contributed by atoms with E-state index in [0.29, 0.717) is 32.1 Å². The number of aliphatic imine (C=N–C) groups is 1. The molecule has 1 amide bonds. The number of nitrogens with one attached hydrogen (secondary N) is 2. The second-order valence-electron chi connectivity index (χ2n) is 5.77. The highest BCUT2D eigenvalue weighted by atomic mass is 32.2. The topological polar surface area (TPSA) is 100 Å². The molecule has 1 aliphatic heterocycles. The summed E-state index contributed by atoms with van der Waals surface area (Å²) in [6.45, 7) is 6.20. The van der Waals surface area contributed by atoms with Crippen molar-refractivity contribution in [3.63, 3.8) is 0 Å². The monoisotopic (exact) mass is 362 g/mol. The molecule has 0 radical (unpaired) electrons. The molecule has 9 heteroatoms. The molecule has 1 rings (SSSR count). The molecule has 24 heavy (non-hydrogen) atoms. The van der Waals surface area contributed by atoms with Crippen molar-refractivity contribution in [1.82, 2.24) is 15.5 Å². The smallest absolute Gasteiger partial charge is 0.222 e. The van der Waals surface area contributed by atoms with Gasteiger partial charge >= 0.3 is 0 Å². The van der Waals surface area contributed by atoms with Crippen molar-refractivity contribution in [1.29, 1.82) is 0 Å². The lowest BCUT2D eigenvalue weighted by Gasteiger charge is -2.15. The number of carbonyl (C=O) groups is 1. The molecule has 1 heterocycles. The summed E-state index contributed by atoms with van der Waals surface area (Å²) in [6.07, 6.45) is 3.67. The van der Waals surface area contributed by atoms with E-state index in [1.165, 1.54) is 6.26 Å². The lowest BCUT2D eigenvalue weighted by molar-refractivity contribution is -0.127. The molecule has 0 bridgehead atoms. The maximum atomic E-state index is 11.5. The minimum Gasteiger partial charge on any atom is -0.379 e. The molecule has 0 aromatic carbocycles. The molecule has 0 aromatic rings. The maximum Gasteiger partial charge on any atom is 0.222 e. The van der Waals surface area contributed by atoms with Gasteiger partial charge in [0.2, 0.25) is 5.91 Å². The van der Waals surface area contributed by atoms with E-state index in [1.807, 2.05) is 11.8 Å². The van der Waals surface area contributed by atoms with Crippen molar-refractivity contribution in [3.05, 3.63) is 0 Å². The van der Waals surface area contributed by atoms with E-state index < -0.39 is 9.84 Å². The zero-order valence-corrected chi connectivity index (χ0v) is 15.5. The Morgan fingerprint density at radius 1 is 1.33 bits per heavy atom. The van der Waals surface area contributed by atoms with Crippen molar-refractivity contribution >= 4 is 21.7 Å². The van der Waals surface area contributed by atoms with Gasteiger partial charge in [0, 0.05) is 45.4 Å². The highest BCUT2D eigenvalue weighted by molar-refractivity contribution is 7.90. The van der Waals surface area contributed by atoms with Crippen LogP contribution in [0, 0.1) is 0 Å². The molecule has 0 aliphatic carbocycles. The average Bonchev–Trinajstić information content (AvgIpc) is 2.91. The number of ether oxygens (including phenoxy) is 1. The summed E-state index contributed by atoms with van der Waals surface area (Å²) >= 11 is 0. The Bertz CT molecular complexity index is 508. The van der Waals surface area contributed by atoms with E-state index in [2.05, 4.69) is 15.6 Å². The maximum absolute atomic E-state index is 11.5. The summed E-state index contributed by atoms with van der Waals surface area (Å²) in [5, 5.41) is 6.28. The Labute approximate surface area is 144 Å². The Kier molecular flexibility index (Phi) is 9.70. The number of guanidine groups is 1. The van der Waals surface area contributed by atoms with Gasteiger partial charge in [0.25, 0.3) is 0 Å². The third-order valence-electron chi connectivity index (χ3n) is 3.51. The van der Waals surface area contributed by atoms with E-state index >= 15 is 0 Å². The first kappa shape index (κ1) is 20.7. The van der Waals surface area contributed by atoms with Crippen molar-refractivity contribution in [2.24, 2.45) is 4.99 Å². The molecule has 0 unspecified atom stereocenters. The average molecular weight is 362 g/mol. The summed E-state index contributed by atoms with van der Waals surface area (Å²) in [4.78, 5) is 17.9. The van der Waals surface area contributed by atoms with Gasteiger partial charge in [-0.25, -0.2) is 8.42 Å². The molecular weight excluding hydrogens is 332 g/mol. The summed E-state index contributed by atoms with van der Waals surface area (Å²) in [7, 11) is -2.97. The van der Waals surface area contributed by atoms with Crippen LogP contribution in [0.1, 0.15) is 26.2 Å². The van der Waals surface area contributed by atoms with E-state index in [0.717, 1.165) is 32.5 Å². The third-order valence-corrected chi connectivity index (χ3v) is 4.42. The van der Waals surface area contributed by atoms with Gasteiger partial charge in [0.1, 0.15) is 9.84 Å². The highest BCUT2D eigenvalue weighted by Crippen LogP contribution is 2.09. The molecule has 0 atom stereocenters. The van der Waals surface area contributed by atoms with Crippen LogP contribution >= 0.6 is 0 Å². The molecule has 1 aliphatic rings. The first-order valence-corrected chi connectivity index (χ1v) is 10.5. The summed E-state index contributed by atoms with van der Waals surface area (Å²) in [5.41, 5.74) is 0. The van der Waals surface area contributed by atoms with Crippen LogP contribution < -0.4 is 10.6 Å². The van der Waals surface area contributed by atoms with Crippen LogP contribution in [0.4, 0.5) is 0 Å². The molecule has 0 saturated carbocycles. The second-order valence-corrected chi connectivity index (χ2v) is 8.03. The van der Waals surface area contributed by atoms with Crippen LogP contribution in [0.15, 0.2) is 4.99 Å². The lowest BCUT2D eigenvalue weighted by Crippen LogP contribution is -2.39. The Morgan fingerprint density at radius 2 is 2.12 bits per heavy atom. The summed E-state index contributed by atoms with van der Waals surface area (Å²) in [6, 6.07) is 0. The molecule has 2 N–H and O–H groups in total. The van der Waals surface area contributed by atoms with Crippen molar-refractivity contribution in [2.75, 3.05) is 57.9 Å². The van der Waals surface area contributed by atoms with E-state index in [9.17, 15) is 13.2 Å². The normalized spacial score (nSPS) is 15.8. The zero-order chi connectivity index (χ0) is 17.8. The van der Waals surface area contributed by atoms with Crippen molar-refractivity contribution in [2.45, 2.75) is 26.2 Å². The SMILES string of the molecule is CCNC(=NCCCN1CCCC1=O)NCCOCCS(C)(=O)=O. The van der Waals surface area contributed by atoms with Gasteiger partial charge in [0.15, 0.2) is 5.96 Å². The van der Waals surface area contributed by atoms with Gasteiger partial charge in [0.05, 0.1) is 19.0 Å². The molecule has 0 spiro atoms. The lowest BCUT2D eigenvalue weighted by atomic mass is 10.4. The van der Waals surface area contributed by atoms with E-state index in [4.69, 9.17) is 4.74 Å². The van der Waals surface area contributed by atoms with Gasteiger partial charge in [-0.05, 0) is 19.8 Å². The first-order chi connectivity index (χ1) is 11.4. The minimum absolute atomic E-state index is 0.0381. The number of nitrogens with zero attached hydrogens (tertiary/aromatic N) is 2. The number of amides is 1. The third kappa shape index (κ3) is 9.71. The molecule has 1 fully saturated rings. The number of rotatable bonds is 11. The number of likely N-dealkylation sites (tertiary alicyclic amines) is 1. The molecule has 8 nitrogen and oxygen atoms in total. The largest absolute Gasteiger partial charge is 0.379 e. The Hall–Kier alpha value is -1.35. The van der Waals surface area contributed by atoms with Crippen LogP contribution in [0.5, 0.6) is 0 Å². The second kappa shape index (κ2) is 11.2. The van der Waals surface area contributed by atoms with Crippen LogP contribution in [-0.2, 0) is 19.4 Å². The van der Waals surface area contributed by atoms with Crippen LogP contribution in [0.3, 0.4) is 0 Å². The Morgan fingerprint density at radius 3 is 2.75 bits per heavy atom. The van der Waals surface area contributed by atoms with Gasteiger partial charge < -0.3 is 20.3 Å².